The van der Waals surface area contributed by atoms with Gasteiger partial charge in [0.05, 0.1) is 18.2 Å². The minimum atomic E-state index is 0. The second-order valence-corrected chi connectivity index (χ2v) is 8.33. The highest BCUT2D eigenvalue weighted by atomic mass is 79.9. The van der Waals surface area contributed by atoms with E-state index >= 15 is 0 Å². The molecule has 0 amide bonds. The normalized spacial score (nSPS) is 10.4. The fourth-order valence-electron chi connectivity index (χ4n) is 2.89. The van der Waals surface area contributed by atoms with Crippen LogP contribution in [-0.4, -0.2) is 0 Å². The molecule has 0 N–H and O–H groups in total. The van der Waals surface area contributed by atoms with Gasteiger partial charge in [-0.15, -0.1) is 0 Å². The number of hydrogen-bond acceptors (Lipinski definition) is 0. The van der Waals surface area contributed by atoms with E-state index in [1.807, 2.05) is 73.2 Å². The van der Waals surface area contributed by atoms with E-state index in [1.54, 1.807) is 0 Å². The van der Waals surface area contributed by atoms with Crippen molar-refractivity contribution in [3.63, 3.8) is 0 Å². The zero-order valence-corrected chi connectivity index (χ0v) is 20.9. The summed E-state index contributed by atoms with van der Waals surface area (Å²) in [6, 6.07) is 24.7. The molecule has 0 aliphatic carbocycles. The van der Waals surface area contributed by atoms with Gasteiger partial charge in [0.25, 0.3) is 13.8 Å². The summed E-state index contributed by atoms with van der Waals surface area (Å²) in [6.45, 7) is 0. The first-order chi connectivity index (χ1) is 13.1. The summed E-state index contributed by atoms with van der Waals surface area (Å²) in [5.41, 5.74) is 3.17. The van der Waals surface area contributed by atoms with E-state index in [0.717, 1.165) is 30.9 Å². The first-order valence-electron chi connectivity index (χ1n) is 8.28. The molecular weight excluding hydrogens is 614 g/mol. The highest BCUT2D eigenvalue weighted by molar-refractivity contribution is 9.10. The Morgan fingerprint density at radius 1 is 0.464 bits per heavy atom. The number of aromatic nitrogens is 3. The van der Waals surface area contributed by atoms with E-state index in [0.29, 0.717) is 0 Å². The predicted octanol–water partition coefficient (Wildman–Crippen LogP) is 1.81. The van der Waals surface area contributed by atoms with Gasteiger partial charge in [0.15, 0.2) is 18.6 Å². The second kappa shape index (κ2) is 9.39. The van der Waals surface area contributed by atoms with E-state index in [9.17, 15) is 0 Å². The summed E-state index contributed by atoms with van der Waals surface area (Å²) in [5.74, 6) is 0. The molecule has 3 nitrogen and oxygen atoms in total. The van der Waals surface area contributed by atoms with Crippen molar-refractivity contribution in [2.24, 2.45) is 0 Å². The first-order valence-corrected chi connectivity index (χ1v) is 10.7. The van der Waals surface area contributed by atoms with Crippen molar-refractivity contribution in [1.82, 2.24) is 0 Å². The van der Waals surface area contributed by atoms with Crippen LogP contribution in [0.4, 0.5) is 0 Å². The van der Waals surface area contributed by atoms with Crippen molar-refractivity contribution in [2.75, 3.05) is 0 Å². The van der Waals surface area contributed by atoms with Gasteiger partial charge >= 0.3 is 0 Å². The van der Waals surface area contributed by atoms with E-state index < -0.39 is 0 Å². The Labute approximate surface area is 199 Å². The molecule has 0 radical (unpaired) electrons. The van der Waals surface area contributed by atoms with Crippen molar-refractivity contribution in [3.8, 4) is 17.1 Å². The van der Waals surface area contributed by atoms with E-state index in [2.05, 4.69) is 79.7 Å². The molecule has 0 saturated heterocycles. The summed E-state index contributed by atoms with van der Waals surface area (Å²) in [5, 5.41) is 0. The number of hydrogen-bond donors (Lipinski definition) is 0. The Hall–Kier alpha value is -1.41. The molecule has 28 heavy (non-hydrogen) atoms. The average molecular weight is 629 g/mol. The molecule has 0 atom stereocenters. The third-order valence-corrected chi connectivity index (χ3v) is 6.09. The van der Waals surface area contributed by atoms with Gasteiger partial charge in [0.2, 0.25) is 17.1 Å². The minimum absolute atomic E-state index is 0. The topological polar surface area (TPSA) is 11.6 Å². The molecule has 1 aromatic carbocycles. The van der Waals surface area contributed by atoms with Gasteiger partial charge in [0, 0.05) is 84.2 Å². The molecule has 3 heterocycles. The van der Waals surface area contributed by atoms with E-state index in [4.69, 9.17) is 0 Å². The Morgan fingerprint density at radius 3 is 1.00 bits per heavy atom. The van der Waals surface area contributed by atoms with Crippen LogP contribution in [0.25, 0.3) is 17.1 Å². The van der Waals surface area contributed by atoms with Crippen LogP contribution >= 0.6 is 47.8 Å². The van der Waals surface area contributed by atoms with Gasteiger partial charge in [-0.2, -0.15) is 13.7 Å². The lowest BCUT2D eigenvalue weighted by atomic mass is 10.2. The molecule has 3 aromatic heterocycles. The van der Waals surface area contributed by atoms with Crippen LogP contribution in [0.5, 0.6) is 0 Å². The molecule has 4 aromatic rings. The number of pyridine rings is 3. The predicted molar refractivity (Wildman–Crippen MR) is 114 cm³/mol. The monoisotopic (exact) mass is 625 g/mol. The van der Waals surface area contributed by atoms with Crippen molar-refractivity contribution in [2.45, 2.75) is 0 Å². The maximum Gasteiger partial charge on any atom is 0.253 e. The Morgan fingerprint density at radius 2 is 0.750 bits per heavy atom. The van der Waals surface area contributed by atoms with Crippen LogP contribution in [0.2, 0.25) is 0 Å². The molecule has 0 saturated carbocycles. The number of benzene rings is 1. The Bertz CT molecular complexity index is 978. The van der Waals surface area contributed by atoms with E-state index in [1.165, 1.54) is 0 Å². The molecule has 0 spiro atoms. The fourth-order valence-corrected chi connectivity index (χ4v) is 4.32. The fraction of sp³-hybridized carbons (Fsp3) is 0. The lowest BCUT2D eigenvalue weighted by Crippen LogP contribution is -3.00. The molecule has 7 heteroatoms. The third-order valence-electron chi connectivity index (χ3n) is 4.15. The van der Waals surface area contributed by atoms with Gasteiger partial charge in [-0.05, 0) is 18.2 Å². The number of nitrogens with zero attached hydrogens (tertiary/aromatic N) is 3. The molecule has 140 valence electrons. The van der Waals surface area contributed by atoms with Crippen molar-refractivity contribution in [3.05, 3.63) is 105 Å². The zero-order chi connectivity index (χ0) is 18.8. The quantitative estimate of drug-likeness (QED) is 0.243. The average Bonchev–Trinajstić information content (AvgIpc) is 2.69. The van der Waals surface area contributed by atoms with Crippen LogP contribution in [0, 0.1) is 0 Å². The van der Waals surface area contributed by atoms with Crippen LogP contribution in [0.1, 0.15) is 0 Å². The van der Waals surface area contributed by atoms with Crippen molar-refractivity contribution < 1.29 is 30.7 Å². The van der Waals surface area contributed by atoms with Gasteiger partial charge in [-0.25, -0.2) is 0 Å². The molecule has 0 aliphatic heterocycles. The first kappa shape index (κ1) is 21.3. The molecule has 0 bridgehead atoms. The minimum Gasteiger partial charge on any atom is -1.00 e. The smallest absolute Gasteiger partial charge is 0.253 e. The van der Waals surface area contributed by atoms with Crippen LogP contribution in [-0.2, 0) is 0 Å². The SMILES string of the molecule is Brc1cccc[n+]1-c1cc(-[n+]2ccccc2Br)cc(-[n+]2ccccc2Br)c1.[Br-]. The summed E-state index contributed by atoms with van der Waals surface area (Å²) in [6.07, 6.45) is 6.13. The Kier molecular flexibility index (Phi) is 7.15. The van der Waals surface area contributed by atoms with Gasteiger partial charge < -0.3 is 17.0 Å². The van der Waals surface area contributed by atoms with Crippen LogP contribution in [0.15, 0.2) is 105 Å². The summed E-state index contributed by atoms with van der Waals surface area (Å²) in [7, 11) is 0. The van der Waals surface area contributed by atoms with Gasteiger partial charge in [-0.3, -0.25) is 0 Å². The van der Waals surface area contributed by atoms with Crippen molar-refractivity contribution >= 4 is 47.8 Å². The maximum atomic E-state index is 3.65. The zero-order valence-electron chi connectivity index (χ0n) is 14.5. The molecule has 0 aliphatic rings. The molecular formula is C21H15Br4N3+2. The maximum absolute atomic E-state index is 3.65. The lowest BCUT2D eigenvalue weighted by Gasteiger charge is -2.04. The largest absolute Gasteiger partial charge is 1.00 e. The Balaban J connectivity index is 0.00000225. The van der Waals surface area contributed by atoms with Crippen LogP contribution < -0.4 is 30.7 Å². The standard InChI is InChI=1S/C21H15Br3N3.BrH/c22-19-7-1-4-10-25(19)16-13-17(26-11-5-2-8-20(26)23)15-18(14-16)27-12-6-3-9-21(27)24;/h1-15H;1H/q+3;/p-1. The summed E-state index contributed by atoms with van der Waals surface area (Å²) in [4.78, 5) is 0. The lowest BCUT2D eigenvalue weighted by molar-refractivity contribution is -0.624. The molecule has 4 rings (SSSR count). The number of rotatable bonds is 3. The highest BCUT2D eigenvalue weighted by Gasteiger charge is 2.23. The number of halogens is 4. The summed E-state index contributed by atoms with van der Waals surface area (Å²) < 4.78 is 9.30. The van der Waals surface area contributed by atoms with E-state index in [-0.39, 0.29) is 17.0 Å². The van der Waals surface area contributed by atoms with Gasteiger partial charge in [0.1, 0.15) is 0 Å². The van der Waals surface area contributed by atoms with Crippen LogP contribution in [0.3, 0.4) is 0 Å². The summed E-state index contributed by atoms with van der Waals surface area (Å²) >= 11 is 11.0. The molecule has 0 unspecified atom stereocenters. The highest BCUT2D eigenvalue weighted by Crippen LogP contribution is 2.17. The third kappa shape index (κ3) is 4.43. The molecule has 0 fully saturated rings. The van der Waals surface area contributed by atoms with Gasteiger partial charge in [-0.1, -0.05) is 0 Å². The van der Waals surface area contributed by atoms with Crippen molar-refractivity contribution in [1.29, 1.82) is 0 Å². The second-order valence-electron chi connectivity index (χ2n) is 5.89.